The normalized spacial score (nSPS) is 26.1. The van der Waals surface area contributed by atoms with Gasteiger partial charge in [-0.15, -0.1) is 0 Å². The molecule has 6 nitrogen and oxygen atoms in total. The molecule has 4 aliphatic rings. The van der Waals surface area contributed by atoms with Crippen molar-refractivity contribution in [3.8, 4) is 5.69 Å². The van der Waals surface area contributed by atoms with E-state index in [0.717, 1.165) is 48.3 Å². The van der Waals surface area contributed by atoms with E-state index in [1.54, 1.807) is 0 Å². The summed E-state index contributed by atoms with van der Waals surface area (Å²) in [5.74, 6) is 0.974. The molecule has 2 aliphatic carbocycles. The van der Waals surface area contributed by atoms with Crippen LogP contribution in [0.5, 0.6) is 0 Å². The van der Waals surface area contributed by atoms with Crippen LogP contribution >= 0.6 is 0 Å². The highest BCUT2D eigenvalue weighted by atomic mass is 16.3. The first-order valence-electron chi connectivity index (χ1n) is 11.7. The number of aliphatic imine (C=N–C) groups is 1. The van der Waals surface area contributed by atoms with Crippen LogP contribution in [0, 0.1) is 5.41 Å². The van der Waals surface area contributed by atoms with Crippen molar-refractivity contribution >= 4 is 23.4 Å². The van der Waals surface area contributed by atoms with Crippen molar-refractivity contribution < 1.29 is 5.11 Å². The van der Waals surface area contributed by atoms with Gasteiger partial charge in [-0.3, -0.25) is 0 Å². The molecule has 1 N–H and O–H groups in total. The SMILES string of the molecule is C=NCC1(c2ccc3cnn(-c4ccnc(N5CC6(C(C)(C)O)CC5C6)c4)c3c2)CCC1. The molecule has 166 valence electrons. The predicted octanol–water partition coefficient (Wildman–Crippen LogP) is 4.28. The molecule has 0 atom stereocenters. The van der Waals surface area contributed by atoms with Gasteiger partial charge in [-0.2, -0.15) is 5.10 Å². The smallest absolute Gasteiger partial charge is 0.130 e. The molecule has 7 rings (SSSR count). The van der Waals surface area contributed by atoms with Gasteiger partial charge in [0.25, 0.3) is 0 Å². The highest BCUT2D eigenvalue weighted by Gasteiger charge is 2.62. The van der Waals surface area contributed by atoms with Crippen LogP contribution < -0.4 is 4.90 Å². The summed E-state index contributed by atoms with van der Waals surface area (Å²) in [6, 6.07) is 11.4. The topological polar surface area (TPSA) is 66.5 Å². The van der Waals surface area contributed by atoms with Gasteiger partial charge in [0.15, 0.2) is 0 Å². The van der Waals surface area contributed by atoms with E-state index in [4.69, 9.17) is 5.10 Å². The van der Waals surface area contributed by atoms with Crippen molar-refractivity contribution in [3.63, 3.8) is 0 Å². The number of hydrogen-bond donors (Lipinski definition) is 1. The van der Waals surface area contributed by atoms with Crippen molar-refractivity contribution in [2.45, 2.75) is 63.0 Å². The Hall–Kier alpha value is -2.73. The summed E-state index contributed by atoms with van der Waals surface area (Å²) in [5, 5.41) is 16.5. The molecule has 4 fully saturated rings. The largest absolute Gasteiger partial charge is 0.390 e. The number of hydrogen-bond acceptors (Lipinski definition) is 5. The van der Waals surface area contributed by atoms with E-state index in [-0.39, 0.29) is 10.8 Å². The molecule has 2 saturated carbocycles. The van der Waals surface area contributed by atoms with Crippen molar-refractivity contribution in [1.82, 2.24) is 14.8 Å². The summed E-state index contributed by atoms with van der Waals surface area (Å²) in [6.45, 7) is 9.29. The molecular weight excluding hydrogens is 398 g/mol. The van der Waals surface area contributed by atoms with Crippen molar-refractivity contribution in [3.05, 3.63) is 48.3 Å². The number of rotatable bonds is 6. The number of pyridine rings is 1. The van der Waals surface area contributed by atoms with Gasteiger partial charge in [0, 0.05) is 47.6 Å². The Morgan fingerprint density at radius 1 is 1.22 bits per heavy atom. The molecular formula is C26H31N5O. The molecule has 2 saturated heterocycles. The van der Waals surface area contributed by atoms with E-state index in [2.05, 4.69) is 45.9 Å². The lowest BCUT2D eigenvalue weighted by molar-refractivity contribution is -0.0754. The van der Waals surface area contributed by atoms with E-state index >= 15 is 0 Å². The van der Waals surface area contributed by atoms with Gasteiger partial charge in [0.05, 0.1) is 23.0 Å². The Morgan fingerprint density at radius 3 is 2.69 bits per heavy atom. The second-order valence-corrected chi connectivity index (χ2v) is 10.7. The zero-order chi connectivity index (χ0) is 22.1. The molecule has 0 amide bonds. The highest BCUT2D eigenvalue weighted by molar-refractivity contribution is 5.81. The van der Waals surface area contributed by atoms with E-state index in [1.807, 2.05) is 37.0 Å². The maximum Gasteiger partial charge on any atom is 0.130 e. The molecule has 0 spiro atoms. The van der Waals surface area contributed by atoms with Crippen LogP contribution in [0.4, 0.5) is 5.82 Å². The monoisotopic (exact) mass is 429 g/mol. The number of nitrogens with zero attached hydrogens (tertiary/aromatic N) is 5. The van der Waals surface area contributed by atoms with Crippen molar-refractivity contribution in [2.24, 2.45) is 10.4 Å². The van der Waals surface area contributed by atoms with E-state index < -0.39 is 5.60 Å². The maximum absolute atomic E-state index is 10.7. The fourth-order valence-corrected chi connectivity index (χ4v) is 6.21. The summed E-state index contributed by atoms with van der Waals surface area (Å²) in [7, 11) is 0. The van der Waals surface area contributed by atoms with Crippen LogP contribution in [0.3, 0.4) is 0 Å². The zero-order valence-electron chi connectivity index (χ0n) is 19.0. The van der Waals surface area contributed by atoms with Crippen LogP contribution in [0.2, 0.25) is 0 Å². The molecule has 32 heavy (non-hydrogen) atoms. The maximum atomic E-state index is 10.7. The van der Waals surface area contributed by atoms with E-state index in [9.17, 15) is 5.11 Å². The summed E-state index contributed by atoms with van der Waals surface area (Å²) >= 11 is 0. The molecule has 0 unspecified atom stereocenters. The molecule has 2 aromatic heterocycles. The summed E-state index contributed by atoms with van der Waals surface area (Å²) in [6.07, 6.45) is 9.49. The predicted molar refractivity (Wildman–Crippen MR) is 128 cm³/mol. The lowest BCUT2D eigenvalue weighted by Crippen LogP contribution is -2.50. The second-order valence-electron chi connectivity index (χ2n) is 10.7. The van der Waals surface area contributed by atoms with Crippen LogP contribution in [0.1, 0.15) is 51.5 Å². The average Bonchev–Trinajstić information content (AvgIpc) is 3.41. The van der Waals surface area contributed by atoms with Gasteiger partial charge >= 0.3 is 0 Å². The van der Waals surface area contributed by atoms with Gasteiger partial charge in [-0.25, -0.2) is 9.67 Å². The number of aliphatic hydroxyl groups is 1. The summed E-state index contributed by atoms with van der Waals surface area (Å²) in [4.78, 5) is 11.3. The fraction of sp³-hybridized carbons (Fsp3) is 0.500. The number of benzene rings is 1. The standard InChI is InChI=1S/C26H31N5O/c1-24(2,32)26-13-21(14-26)30(17-26)23-12-20(7-10-28-23)31-22-11-19(6-5-18(22)15-29-31)25(16-27-3)8-4-9-25/h5-7,10-12,15,21,32H,3-4,8-9,13-14,16-17H2,1-2H3. The number of anilines is 1. The Labute approximate surface area is 189 Å². The third-order valence-electron chi connectivity index (χ3n) is 8.64. The molecule has 1 aromatic carbocycles. The molecule has 0 radical (unpaired) electrons. The van der Waals surface area contributed by atoms with Crippen LogP contribution in [-0.4, -0.2) is 51.3 Å². The molecule has 3 aromatic rings. The van der Waals surface area contributed by atoms with Crippen LogP contribution in [0.15, 0.2) is 47.7 Å². The second kappa shape index (κ2) is 6.64. The van der Waals surface area contributed by atoms with Crippen molar-refractivity contribution in [1.29, 1.82) is 0 Å². The Bertz CT molecular complexity index is 1200. The first-order valence-corrected chi connectivity index (χ1v) is 11.7. The number of fused-ring (bicyclic) bond motifs is 2. The lowest BCUT2D eigenvalue weighted by Gasteiger charge is -2.45. The van der Waals surface area contributed by atoms with Gasteiger partial charge in [0.2, 0.25) is 0 Å². The fourth-order valence-electron chi connectivity index (χ4n) is 6.21. The highest BCUT2D eigenvalue weighted by Crippen LogP contribution is 2.58. The minimum absolute atomic E-state index is 0.0150. The lowest BCUT2D eigenvalue weighted by atomic mass is 9.61. The van der Waals surface area contributed by atoms with E-state index in [1.165, 1.54) is 24.8 Å². The van der Waals surface area contributed by atoms with Crippen molar-refractivity contribution in [2.75, 3.05) is 18.0 Å². The van der Waals surface area contributed by atoms with E-state index in [0.29, 0.717) is 6.04 Å². The van der Waals surface area contributed by atoms with Gasteiger partial charge in [0.1, 0.15) is 5.82 Å². The molecule has 4 heterocycles. The van der Waals surface area contributed by atoms with Gasteiger partial charge in [-0.1, -0.05) is 18.6 Å². The zero-order valence-corrected chi connectivity index (χ0v) is 19.0. The minimum atomic E-state index is -0.664. The average molecular weight is 430 g/mol. The summed E-state index contributed by atoms with van der Waals surface area (Å²) in [5.41, 5.74) is 2.94. The quantitative estimate of drug-likeness (QED) is 0.594. The molecule has 2 aliphatic heterocycles. The van der Waals surface area contributed by atoms with Crippen LogP contribution in [0.25, 0.3) is 16.6 Å². The minimum Gasteiger partial charge on any atom is -0.390 e. The third-order valence-corrected chi connectivity index (χ3v) is 8.64. The molecule has 2 bridgehead atoms. The Balaban J connectivity index is 1.36. The third kappa shape index (κ3) is 2.71. The molecule has 6 heteroatoms. The summed E-state index contributed by atoms with van der Waals surface area (Å²) < 4.78 is 2.03. The Morgan fingerprint density at radius 2 is 2.03 bits per heavy atom. The Kier molecular flexibility index (Phi) is 4.13. The number of aromatic nitrogens is 3. The van der Waals surface area contributed by atoms with Crippen LogP contribution in [-0.2, 0) is 5.41 Å². The van der Waals surface area contributed by atoms with Gasteiger partial charge < -0.3 is 15.0 Å². The first-order chi connectivity index (χ1) is 15.3. The van der Waals surface area contributed by atoms with Gasteiger partial charge in [-0.05, 0) is 63.9 Å². The first kappa shape index (κ1) is 19.9.